The summed E-state index contributed by atoms with van der Waals surface area (Å²) in [5, 5.41) is 7.19. The molecule has 1 aliphatic heterocycles. The van der Waals surface area contributed by atoms with E-state index in [-0.39, 0.29) is 11.8 Å². The van der Waals surface area contributed by atoms with Crippen molar-refractivity contribution in [1.82, 2.24) is 15.5 Å². The Morgan fingerprint density at radius 2 is 1.91 bits per heavy atom. The van der Waals surface area contributed by atoms with Gasteiger partial charge in [0.05, 0.1) is 6.61 Å². The zero-order valence-electron chi connectivity index (χ0n) is 13.8. The molecular weight excluding hydrogens is 294 g/mol. The van der Waals surface area contributed by atoms with E-state index in [9.17, 15) is 4.79 Å². The van der Waals surface area contributed by atoms with Crippen LogP contribution in [0.2, 0.25) is 0 Å². The van der Waals surface area contributed by atoms with Crippen LogP contribution in [0, 0.1) is 0 Å². The smallest absolute Gasteiger partial charge is 0.227 e. The lowest BCUT2D eigenvalue weighted by atomic mass is 9.96. The Balaban J connectivity index is 1.41. The van der Waals surface area contributed by atoms with Gasteiger partial charge in [-0.2, -0.15) is 4.98 Å². The molecule has 1 N–H and O–H groups in total. The van der Waals surface area contributed by atoms with Crippen molar-refractivity contribution in [3.8, 4) is 0 Å². The van der Waals surface area contributed by atoms with Crippen molar-refractivity contribution in [2.24, 2.45) is 0 Å². The molecule has 0 aromatic carbocycles. The van der Waals surface area contributed by atoms with Crippen molar-refractivity contribution >= 4 is 5.91 Å². The molecule has 6 heteroatoms. The van der Waals surface area contributed by atoms with Gasteiger partial charge >= 0.3 is 0 Å². The van der Waals surface area contributed by atoms with Crippen molar-refractivity contribution in [2.75, 3.05) is 13.2 Å². The lowest BCUT2D eigenvalue weighted by molar-refractivity contribution is -0.122. The van der Waals surface area contributed by atoms with Crippen LogP contribution in [0.25, 0.3) is 0 Å². The zero-order chi connectivity index (χ0) is 15.9. The average Bonchev–Trinajstić information content (AvgIpc) is 3.18. The summed E-state index contributed by atoms with van der Waals surface area (Å²) >= 11 is 0. The normalized spacial score (nSPS) is 23.4. The molecule has 1 amide bonds. The van der Waals surface area contributed by atoms with E-state index in [1.54, 1.807) is 0 Å². The van der Waals surface area contributed by atoms with Crippen LogP contribution in [0.15, 0.2) is 4.52 Å². The Morgan fingerprint density at radius 3 is 2.65 bits per heavy atom. The van der Waals surface area contributed by atoms with Gasteiger partial charge in [-0.25, -0.2) is 0 Å². The topological polar surface area (TPSA) is 77.2 Å². The van der Waals surface area contributed by atoms with Gasteiger partial charge in [0, 0.05) is 31.4 Å². The minimum absolute atomic E-state index is 0.0968. The molecule has 0 radical (unpaired) electrons. The van der Waals surface area contributed by atoms with Gasteiger partial charge in [-0.1, -0.05) is 37.3 Å². The fraction of sp³-hybridized carbons (Fsp3) is 0.824. The second-order valence-corrected chi connectivity index (χ2v) is 6.72. The summed E-state index contributed by atoms with van der Waals surface area (Å²) < 4.78 is 10.6. The molecule has 1 atom stereocenters. The summed E-state index contributed by atoms with van der Waals surface area (Å²) in [6.07, 6.45) is 10.5. The monoisotopic (exact) mass is 321 g/mol. The second kappa shape index (κ2) is 8.43. The Hall–Kier alpha value is -1.43. The number of nitrogens with one attached hydrogen (secondary N) is 1. The van der Waals surface area contributed by atoms with Gasteiger partial charge < -0.3 is 14.6 Å². The van der Waals surface area contributed by atoms with Gasteiger partial charge in [-0.3, -0.25) is 4.79 Å². The van der Waals surface area contributed by atoms with E-state index in [0.29, 0.717) is 31.4 Å². The molecule has 0 unspecified atom stereocenters. The summed E-state index contributed by atoms with van der Waals surface area (Å²) in [5.74, 6) is 1.62. The highest BCUT2D eigenvalue weighted by molar-refractivity contribution is 5.76. The summed E-state index contributed by atoms with van der Waals surface area (Å²) in [6, 6.07) is 0.344. The minimum atomic E-state index is 0.0968. The van der Waals surface area contributed by atoms with E-state index in [2.05, 4.69) is 15.5 Å². The number of aryl methyl sites for hydroxylation is 1. The molecule has 1 aliphatic carbocycles. The number of carbonyl (C=O) groups is 1. The predicted molar refractivity (Wildman–Crippen MR) is 85.0 cm³/mol. The molecule has 6 nitrogen and oxygen atoms in total. The lowest BCUT2D eigenvalue weighted by Gasteiger charge is -2.20. The van der Waals surface area contributed by atoms with Crippen molar-refractivity contribution in [2.45, 2.75) is 76.2 Å². The molecule has 1 saturated heterocycles. The van der Waals surface area contributed by atoms with Crippen molar-refractivity contribution in [1.29, 1.82) is 0 Å². The maximum atomic E-state index is 12.1. The number of aromatic nitrogens is 2. The Kier molecular flexibility index (Phi) is 6.02. The summed E-state index contributed by atoms with van der Waals surface area (Å²) in [6.45, 7) is 1.43. The van der Waals surface area contributed by atoms with Crippen molar-refractivity contribution < 1.29 is 14.1 Å². The number of rotatable bonds is 5. The van der Waals surface area contributed by atoms with E-state index in [1.807, 2.05) is 0 Å². The molecule has 1 aromatic heterocycles. The van der Waals surface area contributed by atoms with Gasteiger partial charge in [-0.15, -0.1) is 0 Å². The first-order valence-corrected chi connectivity index (χ1v) is 9.01. The third-order valence-corrected chi connectivity index (χ3v) is 4.81. The zero-order valence-corrected chi connectivity index (χ0v) is 13.8. The Morgan fingerprint density at radius 1 is 1.13 bits per heavy atom. The van der Waals surface area contributed by atoms with Gasteiger partial charge in [0.2, 0.25) is 11.8 Å². The van der Waals surface area contributed by atoms with Crippen LogP contribution in [0.4, 0.5) is 0 Å². The molecular formula is C17H27N3O3. The van der Waals surface area contributed by atoms with E-state index < -0.39 is 0 Å². The molecule has 1 aromatic rings. The van der Waals surface area contributed by atoms with Crippen LogP contribution in [0.5, 0.6) is 0 Å². The molecule has 0 bridgehead atoms. The van der Waals surface area contributed by atoms with Crippen LogP contribution in [0.3, 0.4) is 0 Å². The number of carbonyl (C=O) groups excluding carboxylic acids is 1. The van der Waals surface area contributed by atoms with Gasteiger partial charge in [-0.05, 0) is 19.3 Å². The quantitative estimate of drug-likeness (QED) is 0.902. The van der Waals surface area contributed by atoms with Gasteiger partial charge in [0.1, 0.15) is 0 Å². The van der Waals surface area contributed by atoms with Crippen LogP contribution in [-0.4, -0.2) is 35.3 Å². The molecule has 2 heterocycles. The van der Waals surface area contributed by atoms with E-state index >= 15 is 0 Å². The highest BCUT2D eigenvalue weighted by Crippen LogP contribution is 2.22. The first-order valence-electron chi connectivity index (χ1n) is 9.01. The lowest BCUT2D eigenvalue weighted by Crippen LogP contribution is -2.35. The molecule has 2 aliphatic rings. The standard InChI is InChI=1S/C17H27N3O3/c21-15(18-14-6-4-2-1-3-5-7-14)8-9-16-19-17(20-23-16)13-10-11-22-12-13/h13-14H,1-12H2,(H,18,21)/t13-/m1/s1. The van der Waals surface area contributed by atoms with E-state index in [4.69, 9.17) is 9.26 Å². The van der Waals surface area contributed by atoms with Crippen LogP contribution >= 0.6 is 0 Å². The van der Waals surface area contributed by atoms with Crippen LogP contribution < -0.4 is 5.32 Å². The fourth-order valence-corrected chi connectivity index (χ4v) is 3.39. The van der Waals surface area contributed by atoms with Crippen molar-refractivity contribution in [3.63, 3.8) is 0 Å². The second-order valence-electron chi connectivity index (χ2n) is 6.72. The van der Waals surface area contributed by atoms with E-state index in [0.717, 1.165) is 31.7 Å². The molecule has 128 valence electrons. The van der Waals surface area contributed by atoms with Crippen LogP contribution in [0.1, 0.15) is 75.4 Å². The maximum absolute atomic E-state index is 12.1. The van der Waals surface area contributed by atoms with Gasteiger partial charge in [0.25, 0.3) is 0 Å². The first-order chi connectivity index (χ1) is 11.3. The number of nitrogens with zero attached hydrogens (tertiary/aromatic N) is 2. The largest absolute Gasteiger partial charge is 0.381 e. The molecule has 3 rings (SSSR count). The number of hydrogen-bond donors (Lipinski definition) is 1. The molecule has 23 heavy (non-hydrogen) atoms. The van der Waals surface area contributed by atoms with Crippen LogP contribution in [-0.2, 0) is 16.0 Å². The Labute approximate surface area is 137 Å². The predicted octanol–water partition coefficient (Wildman–Crippen LogP) is 2.74. The average molecular weight is 321 g/mol. The summed E-state index contributed by atoms with van der Waals surface area (Å²) in [7, 11) is 0. The molecule has 2 fully saturated rings. The third-order valence-electron chi connectivity index (χ3n) is 4.81. The highest BCUT2D eigenvalue weighted by atomic mass is 16.5. The van der Waals surface area contributed by atoms with Gasteiger partial charge in [0.15, 0.2) is 5.82 Å². The molecule has 0 spiro atoms. The number of hydrogen-bond acceptors (Lipinski definition) is 5. The highest BCUT2D eigenvalue weighted by Gasteiger charge is 2.23. The first kappa shape index (κ1) is 16.4. The number of amides is 1. The number of ether oxygens (including phenoxy) is 1. The summed E-state index contributed by atoms with van der Waals surface area (Å²) in [4.78, 5) is 16.5. The SMILES string of the molecule is O=C(CCc1nc([C@@H]2CCOC2)no1)NC1CCCCCCC1. The van der Waals surface area contributed by atoms with E-state index in [1.165, 1.54) is 32.1 Å². The summed E-state index contributed by atoms with van der Waals surface area (Å²) in [5.41, 5.74) is 0. The Bertz CT molecular complexity index is 489. The minimum Gasteiger partial charge on any atom is -0.381 e. The van der Waals surface area contributed by atoms with Crippen molar-refractivity contribution in [3.05, 3.63) is 11.7 Å². The maximum Gasteiger partial charge on any atom is 0.227 e. The third kappa shape index (κ3) is 5.03. The fourth-order valence-electron chi connectivity index (χ4n) is 3.39. The molecule has 1 saturated carbocycles.